The van der Waals surface area contributed by atoms with Crippen LogP contribution < -0.4 is 10.2 Å². The van der Waals surface area contributed by atoms with E-state index in [4.69, 9.17) is 11.6 Å². The molecule has 0 bridgehead atoms. The van der Waals surface area contributed by atoms with Gasteiger partial charge in [0.1, 0.15) is 5.82 Å². The molecule has 2 rings (SSSR count). The number of aromatic nitrogens is 1. The monoisotopic (exact) mass is 279 g/mol. The molecule has 1 aromatic heterocycles. The molecule has 0 saturated heterocycles. The van der Waals surface area contributed by atoms with Gasteiger partial charge in [-0.25, -0.2) is 9.37 Å². The lowest BCUT2D eigenvalue weighted by Crippen LogP contribution is -2.14. The van der Waals surface area contributed by atoms with E-state index in [0.29, 0.717) is 17.1 Å². The second kappa shape index (κ2) is 5.89. The fourth-order valence-corrected chi connectivity index (χ4v) is 1.96. The van der Waals surface area contributed by atoms with E-state index in [2.05, 4.69) is 10.3 Å². The van der Waals surface area contributed by atoms with Crippen molar-refractivity contribution in [3.63, 3.8) is 0 Å². The first-order chi connectivity index (χ1) is 9.08. The number of pyridine rings is 1. The first-order valence-corrected chi connectivity index (χ1v) is 6.26. The summed E-state index contributed by atoms with van der Waals surface area (Å²) in [6.07, 6.45) is 1.72. The Morgan fingerprint density at radius 3 is 2.84 bits per heavy atom. The van der Waals surface area contributed by atoms with Gasteiger partial charge < -0.3 is 10.2 Å². The molecule has 1 aromatic carbocycles. The Bertz CT molecular complexity index is 572. The minimum atomic E-state index is -0.271. The molecule has 0 radical (unpaired) electrons. The Kier molecular flexibility index (Phi) is 4.22. The van der Waals surface area contributed by atoms with Gasteiger partial charge in [-0.15, -0.1) is 0 Å². The Hall–Kier alpha value is -1.81. The zero-order chi connectivity index (χ0) is 13.8. The van der Waals surface area contributed by atoms with E-state index in [1.54, 1.807) is 12.3 Å². The molecule has 0 aliphatic heterocycles. The van der Waals surface area contributed by atoms with Crippen molar-refractivity contribution in [2.75, 3.05) is 24.3 Å². The van der Waals surface area contributed by atoms with E-state index in [1.807, 2.05) is 31.1 Å². The largest absolute Gasteiger partial charge is 0.378 e. The maximum Gasteiger partial charge on any atom is 0.151 e. The Morgan fingerprint density at radius 2 is 2.11 bits per heavy atom. The number of hydrogen-bond donors (Lipinski definition) is 1. The highest BCUT2D eigenvalue weighted by molar-refractivity contribution is 6.30. The van der Waals surface area contributed by atoms with Crippen LogP contribution in [0, 0.1) is 5.82 Å². The lowest BCUT2D eigenvalue weighted by Gasteiger charge is -2.17. The number of anilines is 2. The number of nitrogens with one attached hydrogen (secondary N) is 1. The van der Waals surface area contributed by atoms with Gasteiger partial charge in [-0.05, 0) is 30.3 Å². The topological polar surface area (TPSA) is 28.2 Å². The second-order valence-corrected chi connectivity index (χ2v) is 4.79. The fourth-order valence-electron chi connectivity index (χ4n) is 1.76. The first kappa shape index (κ1) is 13.6. The van der Waals surface area contributed by atoms with Crippen LogP contribution in [0.25, 0.3) is 0 Å². The normalized spacial score (nSPS) is 10.3. The third-order valence-corrected chi connectivity index (χ3v) is 2.92. The maximum absolute atomic E-state index is 13.6. The molecule has 1 N–H and O–H groups in total. The number of nitrogens with zero attached hydrogens (tertiary/aromatic N) is 2. The molecule has 2 aromatic rings. The van der Waals surface area contributed by atoms with Crippen molar-refractivity contribution in [2.24, 2.45) is 0 Å². The minimum Gasteiger partial charge on any atom is -0.378 e. The average molecular weight is 280 g/mol. The number of rotatable bonds is 4. The van der Waals surface area contributed by atoms with Crippen LogP contribution in [0.3, 0.4) is 0 Å². The molecular weight excluding hydrogens is 265 g/mol. The van der Waals surface area contributed by atoms with Gasteiger partial charge in [0.05, 0.1) is 5.69 Å². The minimum absolute atomic E-state index is 0.271. The standard InChI is InChI=1S/C14H15ClFN3/c1-19(2)14-13(4-3-7-17-14)18-9-10-8-11(15)5-6-12(10)16/h3-8,18H,9H2,1-2H3. The average Bonchev–Trinajstić information content (AvgIpc) is 2.40. The molecule has 0 fully saturated rings. The summed E-state index contributed by atoms with van der Waals surface area (Å²) in [6.45, 7) is 0.360. The molecular formula is C14H15ClFN3. The van der Waals surface area contributed by atoms with E-state index >= 15 is 0 Å². The van der Waals surface area contributed by atoms with Crippen molar-refractivity contribution in [1.29, 1.82) is 0 Å². The zero-order valence-corrected chi connectivity index (χ0v) is 11.6. The van der Waals surface area contributed by atoms with E-state index in [1.165, 1.54) is 12.1 Å². The molecule has 0 unspecified atom stereocenters. The summed E-state index contributed by atoms with van der Waals surface area (Å²) in [4.78, 5) is 6.17. The van der Waals surface area contributed by atoms with E-state index in [-0.39, 0.29) is 5.82 Å². The number of hydrogen-bond acceptors (Lipinski definition) is 3. The van der Waals surface area contributed by atoms with Crippen molar-refractivity contribution in [3.8, 4) is 0 Å². The van der Waals surface area contributed by atoms with Gasteiger partial charge in [0.15, 0.2) is 5.82 Å². The van der Waals surface area contributed by atoms with Crippen molar-refractivity contribution >= 4 is 23.1 Å². The molecule has 100 valence electrons. The summed E-state index contributed by atoms with van der Waals surface area (Å²) in [5.74, 6) is 0.539. The first-order valence-electron chi connectivity index (χ1n) is 5.88. The Labute approximate surface area is 117 Å². The van der Waals surface area contributed by atoms with Crippen molar-refractivity contribution in [3.05, 3.63) is 52.9 Å². The molecule has 5 heteroatoms. The Morgan fingerprint density at radius 1 is 1.32 bits per heavy atom. The molecule has 0 saturated carbocycles. The fraction of sp³-hybridized carbons (Fsp3) is 0.214. The van der Waals surface area contributed by atoms with Crippen LogP contribution in [0.1, 0.15) is 5.56 Å². The van der Waals surface area contributed by atoms with Gasteiger partial charge in [-0.3, -0.25) is 0 Å². The van der Waals surface area contributed by atoms with Gasteiger partial charge in [-0.2, -0.15) is 0 Å². The van der Waals surface area contributed by atoms with Crippen LogP contribution in [0.5, 0.6) is 0 Å². The highest BCUT2D eigenvalue weighted by atomic mass is 35.5. The van der Waals surface area contributed by atoms with Gasteiger partial charge in [0.25, 0.3) is 0 Å². The highest BCUT2D eigenvalue weighted by Gasteiger charge is 2.07. The van der Waals surface area contributed by atoms with Gasteiger partial charge in [0, 0.05) is 37.4 Å². The SMILES string of the molecule is CN(C)c1ncccc1NCc1cc(Cl)ccc1F. The molecule has 3 nitrogen and oxygen atoms in total. The molecule has 0 spiro atoms. The summed E-state index contributed by atoms with van der Waals surface area (Å²) >= 11 is 5.87. The highest BCUT2D eigenvalue weighted by Crippen LogP contribution is 2.22. The van der Waals surface area contributed by atoms with Gasteiger partial charge >= 0.3 is 0 Å². The smallest absolute Gasteiger partial charge is 0.151 e. The zero-order valence-electron chi connectivity index (χ0n) is 10.8. The van der Waals surface area contributed by atoms with Gasteiger partial charge in [-0.1, -0.05) is 11.6 Å². The third-order valence-electron chi connectivity index (χ3n) is 2.69. The lowest BCUT2D eigenvalue weighted by atomic mass is 10.2. The predicted octanol–water partition coefficient (Wildman–Crippen LogP) is 3.55. The molecule has 19 heavy (non-hydrogen) atoms. The summed E-state index contributed by atoms with van der Waals surface area (Å²) in [7, 11) is 3.82. The van der Waals surface area contributed by atoms with Gasteiger partial charge in [0.2, 0.25) is 0 Å². The van der Waals surface area contributed by atoms with Crippen LogP contribution >= 0.6 is 11.6 Å². The molecule has 0 amide bonds. The van der Waals surface area contributed by atoms with Crippen LogP contribution in [0.2, 0.25) is 5.02 Å². The van der Waals surface area contributed by atoms with E-state index < -0.39 is 0 Å². The summed E-state index contributed by atoms with van der Waals surface area (Å²) in [6, 6.07) is 8.27. The molecule has 0 atom stereocenters. The molecule has 0 aliphatic rings. The molecule has 1 heterocycles. The van der Waals surface area contributed by atoms with Crippen LogP contribution in [-0.2, 0) is 6.54 Å². The predicted molar refractivity (Wildman–Crippen MR) is 77.3 cm³/mol. The van der Waals surface area contributed by atoms with Crippen molar-refractivity contribution in [1.82, 2.24) is 4.98 Å². The Balaban J connectivity index is 2.17. The maximum atomic E-state index is 13.6. The van der Waals surface area contributed by atoms with E-state index in [9.17, 15) is 4.39 Å². The number of benzene rings is 1. The van der Waals surface area contributed by atoms with Crippen LogP contribution in [0.15, 0.2) is 36.5 Å². The van der Waals surface area contributed by atoms with Crippen molar-refractivity contribution in [2.45, 2.75) is 6.54 Å². The van der Waals surface area contributed by atoms with Crippen LogP contribution in [0.4, 0.5) is 15.9 Å². The third kappa shape index (κ3) is 3.35. The summed E-state index contributed by atoms with van der Waals surface area (Å²) in [5.41, 5.74) is 1.38. The number of halogens is 2. The quantitative estimate of drug-likeness (QED) is 0.928. The van der Waals surface area contributed by atoms with E-state index in [0.717, 1.165) is 11.5 Å². The summed E-state index contributed by atoms with van der Waals surface area (Å²) in [5, 5.41) is 3.70. The summed E-state index contributed by atoms with van der Waals surface area (Å²) < 4.78 is 13.6. The lowest BCUT2D eigenvalue weighted by molar-refractivity contribution is 0.613. The second-order valence-electron chi connectivity index (χ2n) is 4.36. The van der Waals surface area contributed by atoms with Crippen LogP contribution in [-0.4, -0.2) is 19.1 Å². The van der Waals surface area contributed by atoms with Crippen molar-refractivity contribution < 1.29 is 4.39 Å². The molecule has 0 aliphatic carbocycles.